The smallest absolute Gasteiger partial charge is 0.251 e. The molecule has 0 bridgehead atoms. The van der Waals surface area contributed by atoms with E-state index < -0.39 is 0 Å². The van der Waals surface area contributed by atoms with Crippen LogP contribution in [0, 0.1) is 6.92 Å². The molecule has 102 valence electrons. The van der Waals surface area contributed by atoms with Crippen LogP contribution in [0.1, 0.15) is 35.2 Å². The van der Waals surface area contributed by atoms with Crippen molar-refractivity contribution >= 4 is 11.8 Å². The third kappa shape index (κ3) is 3.56. The highest BCUT2D eigenvalue weighted by Crippen LogP contribution is 2.09. The third-order valence-electron chi connectivity index (χ3n) is 3.45. The third-order valence-corrected chi connectivity index (χ3v) is 3.45. The molecule has 19 heavy (non-hydrogen) atoms. The Labute approximate surface area is 113 Å². The zero-order valence-corrected chi connectivity index (χ0v) is 11.3. The second-order valence-electron chi connectivity index (χ2n) is 4.91. The minimum atomic E-state index is -0.0363. The van der Waals surface area contributed by atoms with Gasteiger partial charge in [0.2, 0.25) is 5.91 Å². The normalized spacial score (nSPS) is 14.8. The zero-order valence-electron chi connectivity index (χ0n) is 11.3. The van der Waals surface area contributed by atoms with Crippen LogP contribution < -0.4 is 5.32 Å². The predicted molar refractivity (Wildman–Crippen MR) is 73.9 cm³/mol. The molecule has 0 aromatic heterocycles. The van der Waals surface area contributed by atoms with Gasteiger partial charge in [0.25, 0.3) is 5.91 Å². The maximum absolute atomic E-state index is 11.9. The number of benzene rings is 1. The average molecular weight is 260 g/mol. The first-order valence-corrected chi connectivity index (χ1v) is 6.80. The molecule has 1 heterocycles. The molecule has 2 rings (SSSR count). The molecule has 2 amide bonds. The van der Waals surface area contributed by atoms with Gasteiger partial charge in [0, 0.05) is 31.6 Å². The number of hydrogen-bond acceptors (Lipinski definition) is 2. The number of carbonyl (C=O) groups excluding carboxylic acids is 2. The zero-order chi connectivity index (χ0) is 13.7. The molecule has 0 unspecified atom stereocenters. The van der Waals surface area contributed by atoms with Crippen LogP contribution in [-0.4, -0.2) is 36.3 Å². The van der Waals surface area contributed by atoms with Gasteiger partial charge in [-0.15, -0.1) is 0 Å². The second-order valence-corrected chi connectivity index (χ2v) is 4.91. The lowest BCUT2D eigenvalue weighted by atomic mass is 10.1. The molecule has 1 aliphatic rings. The fourth-order valence-corrected chi connectivity index (χ4v) is 2.34. The van der Waals surface area contributed by atoms with Crippen molar-refractivity contribution in [3.8, 4) is 0 Å². The minimum absolute atomic E-state index is 0.0363. The number of amides is 2. The van der Waals surface area contributed by atoms with Gasteiger partial charge >= 0.3 is 0 Å². The summed E-state index contributed by atoms with van der Waals surface area (Å²) in [6, 6.07) is 7.54. The van der Waals surface area contributed by atoms with E-state index in [1.165, 1.54) is 0 Å². The van der Waals surface area contributed by atoms with Gasteiger partial charge in [0.15, 0.2) is 0 Å². The monoisotopic (exact) mass is 260 g/mol. The quantitative estimate of drug-likeness (QED) is 0.820. The topological polar surface area (TPSA) is 49.4 Å². The predicted octanol–water partition coefficient (Wildman–Crippen LogP) is 1.74. The molecule has 0 radical (unpaired) electrons. The summed E-state index contributed by atoms with van der Waals surface area (Å²) in [4.78, 5) is 25.2. The van der Waals surface area contributed by atoms with E-state index >= 15 is 0 Å². The maximum Gasteiger partial charge on any atom is 0.251 e. The highest BCUT2D eigenvalue weighted by Gasteiger charge is 2.19. The van der Waals surface area contributed by atoms with E-state index in [4.69, 9.17) is 0 Å². The summed E-state index contributed by atoms with van der Waals surface area (Å²) in [7, 11) is 0. The number of nitrogens with zero attached hydrogens (tertiary/aromatic N) is 1. The summed E-state index contributed by atoms with van der Waals surface area (Å²) in [6.45, 7) is 4.15. The molecule has 0 spiro atoms. The van der Waals surface area contributed by atoms with Crippen molar-refractivity contribution in [3.63, 3.8) is 0 Å². The maximum atomic E-state index is 11.9. The summed E-state index contributed by atoms with van der Waals surface area (Å²) < 4.78 is 0. The lowest BCUT2D eigenvalue weighted by molar-refractivity contribution is -0.127. The molecule has 1 fully saturated rings. The Hall–Kier alpha value is -1.84. The molecule has 1 saturated heterocycles. The van der Waals surface area contributed by atoms with Crippen molar-refractivity contribution in [2.24, 2.45) is 0 Å². The Balaban J connectivity index is 1.72. The SMILES string of the molecule is Cc1ccccc1C(=O)NCCCN1CCCC1=O. The highest BCUT2D eigenvalue weighted by atomic mass is 16.2. The molecule has 0 atom stereocenters. The first-order valence-electron chi connectivity index (χ1n) is 6.80. The van der Waals surface area contributed by atoms with E-state index in [0.29, 0.717) is 13.0 Å². The van der Waals surface area contributed by atoms with Crippen molar-refractivity contribution in [2.75, 3.05) is 19.6 Å². The van der Waals surface area contributed by atoms with E-state index in [0.717, 1.165) is 37.1 Å². The Morgan fingerprint density at radius 1 is 1.37 bits per heavy atom. The van der Waals surface area contributed by atoms with Crippen LogP contribution in [0.5, 0.6) is 0 Å². The summed E-state index contributed by atoms with van der Waals surface area (Å²) in [5.74, 6) is 0.205. The van der Waals surface area contributed by atoms with Crippen molar-refractivity contribution < 1.29 is 9.59 Å². The number of aryl methyl sites for hydroxylation is 1. The van der Waals surface area contributed by atoms with E-state index in [-0.39, 0.29) is 11.8 Å². The van der Waals surface area contributed by atoms with Gasteiger partial charge in [-0.2, -0.15) is 0 Å². The number of carbonyl (C=O) groups is 2. The van der Waals surface area contributed by atoms with E-state index in [1.54, 1.807) is 0 Å². The van der Waals surface area contributed by atoms with Gasteiger partial charge < -0.3 is 10.2 Å². The van der Waals surface area contributed by atoms with Crippen LogP contribution in [0.25, 0.3) is 0 Å². The van der Waals surface area contributed by atoms with Gasteiger partial charge in [-0.25, -0.2) is 0 Å². The van der Waals surface area contributed by atoms with Gasteiger partial charge in [-0.05, 0) is 31.4 Å². The molecular formula is C15H20N2O2. The Morgan fingerprint density at radius 2 is 2.16 bits per heavy atom. The number of rotatable bonds is 5. The fraction of sp³-hybridized carbons (Fsp3) is 0.467. The Bertz CT molecular complexity index is 471. The number of likely N-dealkylation sites (tertiary alicyclic amines) is 1. The van der Waals surface area contributed by atoms with Crippen molar-refractivity contribution in [1.82, 2.24) is 10.2 Å². The first kappa shape index (κ1) is 13.6. The summed E-state index contributed by atoms with van der Waals surface area (Å²) in [6.07, 6.45) is 2.45. The lowest BCUT2D eigenvalue weighted by Gasteiger charge is -2.15. The van der Waals surface area contributed by atoms with Crippen LogP contribution in [0.2, 0.25) is 0 Å². The van der Waals surface area contributed by atoms with Gasteiger partial charge in [0.1, 0.15) is 0 Å². The van der Waals surface area contributed by atoms with Crippen LogP contribution >= 0.6 is 0 Å². The molecule has 1 aliphatic heterocycles. The average Bonchev–Trinajstić information content (AvgIpc) is 2.80. The van der Waals surface area contributed by atoms with Crippen molar-refractivity contribution in [2.45, 2.75) is 26.2 Å². The summed E-state index contributed by atoms with van der Waals surface area (Å²) in [5.41, 5.74) is 1.70. The van der Waals surface area contributed by atoms with Crippen molar-refractivity contribution in [1.29, 1.82) is 0 Å². The molecule has 0 aliphatic carbocycles. The van der Waals surface area contributed by atoms with E-state index in [1.807, 2.05) is 36.1 Å². The Kier molecular flexibility index (Phi) is 4.55. The van der Waals surface area contributed by atoms with Gasteiger partial charge in [-0.1, -0.05) is 18.2 Å². The summed E-state index contributed by atoms with van der Waals surface area (Å²) in [5, 5.41) is 2.90. The largest absolute Gasteiger partial charge is 0.352 e. The molecule has 4 heteroatoms. The minimum Gasteiger partial charge on any atom is -0.352 e. The van der Waals surface area contributed by atoms with Gasteiger partial charge in [-0.3, -0.25) is 9.59 Å². The second kappa shape index (κ2) is 6.36. The molecule has 0 saturated carbocycles. The van der Waals surface area contributed by atoms with Crippen LogP contribution in [0.4, 0.5) is 0 Å². The van der Waals surface area contributed by atoms with Crippen LogP contribution in [0.15, 0.2) is 24.3 Å². The number of hydrogen-bond donors (Lipinski definition) is 1. The van der Waals surface area contributed by atoms with E-state index in [9.17, 15) is 9.59 Å². The molecular weight excluding hydrogens is 240 g/mol. The van der Waals surface area contributed by atoms with Crippen molar-refractivity contribution in [3.05, 3.63) is 35.4 Å². The van der Waals surface area contributed by atoms with Gasteiger partial charge in [0.05, 0.1) is 0 Å². The highest BCUT2D eigenvalue weighted by molar-refractivity contribution is 5.95. The standard InChI is InChI=1S/C15H20N2O2/c1-12-6-2-3-7-13(12)15(19)16-9-5-11-17-10-4-8-14(17)18/h2-3,6-7H,4-5,8-11H2,1H3,(H,16,19). The van der Waals surface area contributed by atoms with E-state index in [2.05, 4.69) is 5.32 Å². The van der Waals surface area contributed by atoms with Crippen LogP contribution in [0.3, 0.4) is 0 Å². The first-order chi connectivity index (χ1) is 9.18. The lowest BCUT2D eigenvalue weighted by Crippen LogP contribution is -2.30. The van der Waals surface area contributed by atoms with Crippen LogP contribution in [-0.2, 0) is 4.79 Å². The molecule has 1 aromatic carbocycles. The summed E-state index contributed by atoms with van der Waals surface area (Å²) >= 11 is 0. The molecule has 1 N–H and O–H groups in total. The Morgan fingerprint density at radius 3 is 2.84 bits per heavy atom. The molecule has 1 aromatic rings. The molecule has 4 nitrogen and oxygen atoms in total. The fourth-order valence-electron chi connectivity index (χ4n) is 2.34. The number of nitrogens with one attached hydrogen (secondary N) is 1.